The summed E-state index contributed by atoms with van der Waals surface area (Å²) in [5, 5.41) is 1.49. The Hall–Kier alpha value is -3.25. The molecular weight excluding hydrogens is 404 g/mol. The number of benzene rings is 3. The van der Waals surface area contributed by atoms with E-state index < -0.39 is 0 Å². The predicted octanol–water partition coefficient (Wildman–Crippen LogP) is 4.56. The highest BCUT2D eigenvalue weighted by Crippen LogP contribution is 2.27. The molecule has 0 N–H and O–H groups in total. The van der Waals surface area contributed by atoms with Crippen LogP contribution >= 0.6 is 15.9 Å². The fraction of sp³-hybridized carbons (Fsp3) is 0. The quantitative estimate of drug-likeness (QED) is 0.270. The molecule has 0 unspecified atom stereocenters. The van der Waals surface area contributed by atoms with Crippen LogP contribution in [0.1, 0.15) is 0 Å². The molecule has 27 heavy (non-hydrogen) atoms. The molecule has 6 heteroatoms. The number of rotatable bonds is 0. The molecule has 0 saturated heterocycles. The lowest BCUT2D eigenvalue weighted by Crippen LogP contribution is -2.19. The first-order chi connectivity index (χ1) is 13.2. The van der Waals surface area contributed by atoms with E-state index in [9.17, 15) is 4.79 Å². The zero-order valence-corrected chi connectivity index (χ0v) is 15.5. The number of hydrogen-bond acceptors (Lipinski definition) is 3. The second kappa shape index (κ2) is 5.14. The number of para-hydroxylation sites is 3. The monoisotopic (exact) mass is 414 g/mol. The van der Waals surface area contributed by atoms with Gasteiger partial charge in [0.1, 0.15) is 5.65 Å². The van der Waals surface area contributed by atoms with Crippen molar-refractivity contribution < 1.29 is 0 Å². The Balaban J connectivity index is 2.07. The lowest BCUT2D eigenvalue weighted by molar-refractivity contribution is 1.05. The Kier molecular flexibility index (Phi) is 2.83. The Morgan fingerprint density at radius 3 is 2.37 bits per heavy atom. The number of imidazole rings is 1. The van der Waals surface area contributed by atoms with Crippen molar-refractivity contribution in [1.82, 2.24) is 18.8 Å². The van der Waals surface area contributed by atoms with E-state index in [1.165, 1.54) is 0 Å². The minimum atomic E-state index is -0.0987. The molecule has 3 aromatic carbocycles. The normalized spacial score (nSPS) is 12.0. The molecule has 3 aromatic heterocycles. The SMILES string of the molecule is O=c1c2c(Br)cccc2nc2n1c1ccccc1c1nc3ccccc3n12. The summed E-state index contributed by atoms with van der Waals surface area (Å²) < 4.78 is 4.40. The molecule has 0 spiro atoms. The van der Waals surface area contributed by atoms with Crippen molar-refractivity contribution in [3.05, 3.63) is 81.6 Å². The first-order valence-electron chi connectivity index (χ1n) is 8.53. The van der Waals surface area contributed by atoms with Gasteiger partial charge in [-0.05, 0) is 52.3 Å². The summed E-state index contributed by atoms with van der Waals surface area (Å²) in [4.78, 5) is 23.2. The number of fused-ring (bicyclic) bond motifs is 9. The summed E-state index contributed by atoms with van der Waals surface area (Å²) in [6.45, 7) is 0. The van der Waals surface area contributed by atoms with Crippen molar-refractivity contribution in [2.45, 2.75) is 0 Å². The van der Waals surface area contributed by atoms with Crippen LogP contribution in [-0.2, 0) is 0 Å². The van der Waals surface area contributed by atoms with E-state index in [0.29, 0.717) is 16.7 Å². The zero-order valence-electron chi connectivity index (χ0n) is 13.9. The highest BCUT2D eigenvalue weighted by atomic mass is 79.9. The molecule has 0 amide bonds. The summed E-state index contributed by atoms with van der Waals surface area (Å²) in [6, 6.07) is 21.3. The molecule has 0 saturated carbocycles. The van der Waals surface area contributed by atoms with Gasteiger partial charge < -0.3 is 0 Å². The van der Waals surface area contributed by atoms with Crippen LogP contribution in [-0.4, -0.2) is 18.8 Å². The number of halogens is 1. The molecule has 0 aliphatic carbocycles. The van der Waals surface area contributed by atoms with E-state index in [0.717, 1.165) is 32.1 Å². The van der Waals surface area contributed by atoms with Gasteiger partial charge in [0.05, 0.1) is 27.5 Å². The number of hydrogen-bond donors (Lipinski definition) is 0. The average molecular weight is 415 g/mol. The topological polar surface area (TPSA) is 51.7 Å². The van der Waals surface area contributed by atoms with Crippen LogP contribution in [0, 0.1) is 0 Å². The van der Waals surface area contributed by atoms with Crippen molar-refractivity contribution in [2.75, 3.05) is 0 Å². The van der Waals surface area contributed by atoms with Crippen LogP contribution in [0.2, 0.25) is 0 Å². The first kappa shape index (κ1) is 14.9. The van der Waals surface area contributed by atoms with Crippen LogP contribution in [0.15, 0.2) is 76.0 Å². The fourth-order valence-corrected chi connectivity index (χ4v) is 4.34. The zero-order chi connectivity index (χ0) is 18.1. The van der Waals surface area contributed by atoms with Gasteiger partial charge in [0.2, 0.25) is 5.78 Å². The smallest absolute Gasteiger partial charge is 0.268 e. The maximum Gasteiger partial charge on any atom is 0.268 e. The van der Waals surface area contributed by atoms with Gasteiger partial charge in [0.15, 0.2) is 0 Å². The third kappa shape index (κ3) is 1.85. The highest BCUT2D eigenvalue weighted by Gasteiger charge is 2.17. The minimum Gasteiger partial charge on any atom is -0.268 e. The Morgan fingerprint density at radius 2 is 1.48 bits per heavy atom. The van der Waals surface area contributed by atoms with E-state index in [4.69, 9.17) is 9.97 Å². The Labute approximate surface area is 160 Å². The van der Waals surface area contributed by atoms with E-state index in [1.54, 1.807) is 4.40 Å². The van der Waals surface area contributed by atoms with Gasteiger partial charge in [-0.1, -0.05) is 30.3 Å². The summed E-state index contributed by atoms with van der Waals surface area (Å²) in [5.74, 6) is 0.563. The predicted molar refractivity (Wildman–Crippen MR) is 110 cm³/mol. The van der Waals surface area contributed by atoms with Gasteiger partial charge in [0.25, 0.3) is 5.56 Å². The third-order valence-electron chi connectivity index (χ3n) is 4.98. The standard InChI is InChI=1S/C21H11BrN4O/c22-13-7-5-9-15-18(13)20(27)26-16-10-3-1-6-12(16)19-23-14-8-2-4-11-17(14)25(19)21(26)24-15/h1-11H. The van der Waals surface area contributed by atoms with Crippen LogP contribution < -0.4 is 5.56 Å². The first-order valence-corrected chi connectivity index (χ1v) is 9.32. The Bertz CT molecular complexity index is 1610. The summed E-state index contributed by atoms with van der Waals surface area (Å²) in [7, 11) is 0. The van der Waals surface area contributed by atoms with Gasteiger partial charge in [-0.2, -0.15) is 0 Å². The molecular formula is C21H11BrN4O. The summed E-state index contributed by atoms with van der Waals surface area (Å²) in [5.41, 5.74) is 3.96. The second-order valence-electron chi connectivity index (χ2n) is 6.46. The average Bonchev–Trinajstić information content (AvgIpc) is 3.08. The van der Waals surface area contributed by atoms with Gasteiger partial charge in [-0.25, -0.2) is 14.4 Å². The molecule has 6 rings (SSSR count). The maximum atomic E-state index is 13.5. The van der Waals surface area contributed by atoms with Crippen molar-refractivity contribution in [3.8, 4) is 0 Å². The second-order valence-corrected chi connectivity index (χ2v) is 7.32. The lowest BCUT2D eigenvalue weighted by atomic mass is 10.2. The van der Waals surface area contributed by atoms with Crippen molar-refractivity contribution in [3.63, 3.8) is 0 Å². The fourth-order valence-electron chi connectivity index (χ4n) is 3.81. The molecule has 3 heterocycles. The maximum absolute atomic E-state index is 13.5. The van der Waals surface area contributed by atoms with E-state index in [2.05, 4.69) is 15.9 Å². The van der Waals surface area contributed by atoms with Crippen LogP contribution in [0.4, 0.5) is 0 Å². The van der Waals surface area contributed by atoms with Crippen LogP contribution in [0.5, 0.6) is 0 Å². The molecule has 0 aliphatic heterocycles. The van der Waals surface area contributed by atoms with Gasteiger partial charge in [0, 0.05) is 9.86 Å². The van der Waals surface area contributed by atoms with E-state index in [1.807, 2.05) is 71.1 Å². The van der Waals surface area contributed by atoms with Gasteiger partial charge in [-0.3, -0.25) is 9.20 Å². The van der Waals surface area contributed by atoms with Crippen LogP contribution in [0.3, 0.4) is 0 Å². The molecule has 6 aromatic rings. The molecule has 5 nitrogen and oxygen atoms in total. The lowest BCUT2D eigenvalue weighted by Gasteiger charge is -2.11. The molecule has 0 atom stereocenters. The van der Waals surface area contributed by atoms with Crippen LogP contribution in [0.25, 0.3) is 44.3 Å². The van der Waals surface area contributed by atoms with E-state index in [-0.39, 0.29) is 5.56 Å². The molecule has 128 valence electrons. The number of nitrogens with zero attached hydrogens (tertiary/aromatic N) is 4. The van der Waals surface area contributed by atoms with Crippen molar-refractivity contribution >= 4 is 60.2 Å². The van der Waals surface area contributed by atoms with Gasteiger partial charge in [-0.15, -0.1) is 0 Å². The van der Waals surface area contributed by atoms with Crippen molar-refractivity contribution in [1.29, 1.82) is 0 Å². The molecule has 0 aliphatic rings. The largest absolute Gasteiger partial charge is 0.268 e. The van der Waals surface area contributed by atoms with E-state index >= 15 is 0 Å². The number of aromatic nitrogens is 4. The third-order valence-corrected chi connectivity index (χ3v) is 5.64. The molecule has 0 bridgehead atoms. The summed E-state index contributed by atoms with van der Waals surface area (Å²) in [6.07, 6.45) is 0. The summed E-state index contributed by atoms with van der Waals surface area (Å²) >= 11 is 3.51. The van der Waals surface area contributed by atoms with Gasteiger partial charge >= 0.3 is 0 Å². The van der Waals surface area contributed by atoms with Crippen molar-refractivity contribution in [2.24, 2.45) is 0 Å². The minimum absolute atomic E-state index is 0.0987. The molecule has 0 fully saturated rings. The highest BCUT2D eigenvalue weighted by molar-refractivity contribution is 9.10. The molecule has 0 radical (unpaired) electrons. The Morgan fingerprint density at radius 1 is 0.741 bits per heavy atom.